The Labute approximate surface area is 150 Å². The molecule has 3 aromatic carbocycles. The van der Waals surface area contributed by atoms with E-state index in [9.17, 15) is 9.90 Å². The lowest BCUT2D eigenvalue weighted by Gasteiger charge is -2.10. The minimum absolute atomic E-state index is 0.110. The Morgan fingerprint density at radius 1 is 0.885 bits per heavy atom. The molecular weight excluding hydrogens is 324 g/mol. The van der Waals surface area contributed by atoms with Gasteiger partial charge in [0.25, 0.3) is 5.56 Å². The van der Waals surface area contributed by atoms with E-state index in [1.807, 2.05) is 54.6 Å². The van der Waals surface area contributed by atoms with Gasteiger partial charge in [-0.15, -0.1) is 0 Å². The van der Waals surface area contributed by atoms with Gasteiger partial charge in [0.05, 0.1) is 5.39 Å². The van der Waals surface area contributed by atoms with E-state index in [0.29, 0.717) is 10.8 Å². The molecule has 0 aliphatic heterocycles. The number of H-pyrrole nitrogens is 1. The van der Waals surface area contributed by atoms with Gasteiger partial charge < -0.3 is 15.4 Å². The van der Waals surface area contributed by atoms with Crippen molar-refractivity contribution in [2.45, 2.75) is 6.54 Å². The van der Waals surface area contributed by atoms with E-state index in [4.69, 9.17) is 0 Å². The van der Waals surface area contributed by atoms with E-state index in [0.717, 1.165) is 28.9 Å². The lowest BCUT2D eigenvalue weighted by molar-refractivity contribution is 0.481. The second-order valence-corrected chi connectivity index (χ2v) is 6.15. The summed E-state index contributed by atoms with van der Waals surface area (Å²) in [6.45, 7) is 0.724. The molecule has 26 heavy (non-hydrogen) atoms. The minimum atomic E-state index is -0.205. The first-order chi connectivity index (χ1) is 12.7. The summed E-state index contributed by atoms with van der Waals surface area (Å²) in [6.07, 6.45) is 1.65. The molecule has 4 heteroatoms. The number of nitrogens with one attached hydrogen (secondary N) is 2. The maximum Gasteiger partial charge on any atom is 0.255 e. The zero-order valence-electron chi connectivity index (χ0n) is 14.1. The zero-order valence-corrected chi connectivity index (χ0v) is 14.1. The molecule has 0 bridgehead atoms. The van der Waals surface area contributed by atoms with Crippen LogP contribution >= 0.6 is 0 Å². The largest absolute Gasteiger partial charge is 0.507 e. The summed E-state index contributed by atoms with van der Waals surface area (Å²) >= 11 is 0. The average molecular weight is 342 g/mol. The molecule has 3 N–H and O–H groups in total. The molecule has 0 amide bonds. The Morgan fingerprint density at radius 2 is 1.65 bits per heavy atom. The molecule has 0 unspecified atom stereocenters. The van der Waals surface area contributed by atoms with E-state index < -0.39 is 0 Å². The van der Waals surface area contributed by atoms with Crippen LogP contribution in [-0.2, 0) is 6.54 Å². The first-order valence-corrected chi connectivity index (χ1v) is 8.44. The molecule has 1 aromatic heterocycles. The third-order valence-corrected chi connectivity index (χ3v) is 4.44. The van der Waals surface area contributed by atoms with Crippen molar-refractivity contribution in [1.29, 1.82) is 0 Å². The van der Waals surface area contributed by atoms with Crippen molar-refractivity contribution in [2.75, 3.05) is 5.32 Å². The van der Waals surface area contributed by atoms with Gasteiger partial charge in [-0.3, -0.25) is 4.79 Å². The van der Waals surface area contributed by atoms with Crippen LogP contribution in [0.3, 0.4) is 0 Å². The number of hydrogen-bond acceptors (Lipinski definition) is 3. The summed E-state index contributed by atoms with van der Waals surface area (Å²) in [5, 5.41) is 14.7. The molecule has 0 fully saturated rings. The Hall–Kier alpha value is -3.53. The lowest BCUT2D eigenvalue weighted by Crippen LogP contribution is -2.06. The van der Waals surface area contributed by atoms with Crippen molar-refractivity contribution < 1.29 is 5.11 Å². The number of pyridine rings is 1. The van der Waals surface area contributed by atoms with Crippen LogP contribution in [0.4, 0.5) is 5.69 Å². The fraction of sp³-hybridized carbons (Fsp3) is 0.0455. The van der Waals surface area contributed by atoms with E-state index in [-0.39, 0.29) is 11.3 Å². The standard InChI is InChI=1S/C22H18N2O2/c25-20-8-4-7-18-21(20)19(14-24-22(18)26)16-11-9-15(10-12-16)13-23-17-5-2-1-3-6-17/h1-12,14,23,25H,13H2,(H,24,26). The Balaban J connectivity index is 1.64. The first-order valence-electron chi connectivity index (χ1n) is 8.44. The van der Waals surface area contributed by atoms with E-state index in [1.165, 1.54) is 0 Å². The van der Waals surface area contributed by atoms with Gasteiger partial charge in [-0.1, -0.05) is 48.5 Å². The summed E-state index contributed by atoms with van der Waals surface area (Å²) in [7, 11) is 0. The molecule has 0 aliphatic rings. The minimum Gasteiger partial charge on any atom is -0.507 e. The van der Waals surface area contributed by atoms with Gasteiger partial charge in [0, 0.05) is 29.4 Å². The normalized spacial score (nSPS) is 10.8. The van der Waals surface area contributed by atoms with Crippen molar-refractivity contribution in [2.24, 2.45) is 0 Å². The number of aromatic hydroxyl groups is 1. The fourth-order valence-corrected chi connectivity index (χ4v) is 3.09. The van der Waals surface area contributed by atoms with E-state index in [2.05, 4.69) is 10.3 Å². The molecule has 0 radical (unpaired) electrons. The van der Waals surface area contributed by atoms with Gasteiger partial charge in [-0.2, -0.15) is 0 Å². The van der Waals surface area contributed by atoms with Crippen LogP contribution in [0, 0.1) is 0 Å². The van der Waals surface area contributed by atoms with E-state index >= 15 is 0 Å². The SMILES string of the molecule is O=c1[nH]cc(-c2ccc(CNc3ccccc3)cc2)c2c(O)cccc12. The highest BCUT2D eigenvalue weighted by molar-refractivity contribution is 5.99. The topological polar surface area (TPSA) is 65.1 Å². The fourth-order valence-electron chi connectivity index (χ4n) is 3.09. The molecule has 0 spiro atoms. The summed E-state index contributed by atoms with van der Waals surface area (Å²) in [6, 6.07) is 23.1. The highest BCUT2D eigenvalue weighted by atomic mass is 16.3. The zero-order chi connectivity index (χ0) is 17.9. The maximum atomic E-state index is 12.0. The van der Waals surface area contributed by atoms with Crippen LogP contribution in [0.5, 0.6) is 5.75 Å². The third-order valence-electron chi connectivity index (χ3n) is 4.44. The third kappa shape index (κ3) is 3.05. The summed E-state index contributed by atoms with van der Waals surface area (Å²) < 4.78 is 0. The number of hydrogen-bond donors (Lipinski definition) is 3. The highest BCUT2D eigenvalue weighted by Crippen LogP contribution is 2.32. The molecule has 1 heterocycles. The van der Waals surface area contributed by atoms with Gasteiger partial charge in [0.15, 0.2) is 0 Å². The number of para-hydroxylation sites is 1. The second kappa shape index (κ2) is 6.76. The molecule has 0 saturated heterocycles. The van der Waals surface area contributed by atoms with Gasteiger partial charge >= 0.3 is 0 Å². The molecule has 128 valence electrons. The first kappa shape index (κ1) is 16.0. The van der Waals surface area contributed by atoms with Crippen molar-refractivity contribution in [3.63, 3.8) is 0 Å². The van der Waals surface area contributed by atoms with Gasteiger partial charge in [-0.25, -0.2) is 0 Å². The van der Waals surface area contributed by atoms with E-state index in [1.54, 1.807) is 24.4 Å². The maximum absolute atomic E-state index is 12.0. The van der Waals surface area contributed by atoms with Crippen molar-refractivity contribution in [3.8, 4) is 16.9 Å². The quantitative estimate of drug-likeness (QED) is 0.511. The van der Waals surface area contributed by atoms with Crippen LogP contribution in [0.25, 0.3) is 21.9 Å². The number of phenols is 1. The molecule has 4 aromatic rings. The molecule has 4 rings (SSSR count). The molecular formula is C22H18N2O2. The summed E-state index contributed by atoms with van der Waals surface area (Å²) in [5.41, 5.74) is 3.77. The Bertz CT molecular complexity index is 1100. The van der Waals surface area contributed by atoms with Gasteiger partial charge in [0.1, 0.15) is 5.75 Å². The van der Waals surface area contributed by atoms with Crippen LogP contribution in [0.2, 0.25) is 0 Å². The summed E-state index contributed by atoms with van der Waals surface area (Å²) in [4.78, 5) is 14.8. The molecule has 4 nitrogen and oxygen atoms in total. The second-order valence-electron chi connectivity index (χ2n) is 6.15. The van der Waals surface area contributed by atoms with Crippen molar-refractivity contribution in [1.82, 2.24) is 4.98 Å². The van der Waals surface area contributed by atoms with Crippen molar-refractivity contribution in [3.05, 3.63) is 94.9 Å². The van der Waals surface area contributed by atoms with Gasteiger partial charge in [0.2, 0.25) is 0 Å². The molecule has 0 atom stereocenters. The lowest BCUT2D eigenvalue weighted by atomic mass is 9.99. The predicted octanol–water partition coefficient (Wildman–Crippen LogP) is 4.51. The predicted molar refractivity (Wildman–Crippen MR) is 105 cm³/mol. The molecule has 0 saturated carbocycles. The van der Waals surface area contributed by atoms with Crippen LogP contribution in [0.1, 0.15) is 5.56 Å². The highest BCUT2D eigenvalue weighted by Gasteiger charge is 2.10. The number of anilines is 1. The monoisotopic (exact) mass is 342 g/mol. The van der Waals surface area contributed by atoms with Crippen LogP contribution in [-0.4, -0.2) is 10.1 Å². The van der Waals surface area contributed by atoms with Crippen molar-refractivity contribution >= 4 is 16.5 Å². The smallest absolute Gasteiger partial charge is 0.255 e. The molecule has 0 aliphatic carbocycles. The number of fused-ring (bicyclic) bond motifs is 1. The number of aromatic nitrogens is 1. The Kier molecular flexibility index (Phi) is 4.15. The van der Waals surface area contributed by atoms with Crippen LogP contribution in [0.15, 0.2) is 83.8 Å². The average Bonchev–Trinajstić information content (AvgIpc) is 2.69. The van der Waals surface area contributed by atoms with Gasteiger partial charge in [-0.05, 0) is 35.4 Å². The number of phenolic OH excluding ortho intramolecular Hbond substituents is 1. The number of benzene rings is 3. The number of rotatable bonds is 4. The Morgan fingerprint density at radius 3 is 2.42 bits per heavy atom. The van der Waals surface area contributed by atoms with Crippen LogP contribution < -0.4 is 10.9 Å². The number of aromatic amines is 1. The summed E-state index contributed by atoms with van der Waals surface area (Å²) in [5.74, 6) is 0.110.